The number of carbonyl (C=O) groups is 1. The predicted octanol–water partition coefficient (Wildman–Crippen LogP) is 1.38. The molecule has 1 amide bonds. The van der Waals surface area contributed by atoms with Crippen LogP contribution < -0.4 is 10.2 Å². The fourth-order valence-corrected chi connectivity index (χ4v) is 2.80. The Morgan fingerprint density at radius 1 is 1.53 bits per heavy atom. The summed E-state index contributed by atoms with van der Waals surface area (Å²) < 4.78 is 0. The first kappa shape index (κ1) is 12.2. The van der Waals surface area contributed by atoms with E-state index in [4.69, 9.17) is 0 Å². The minimum Gasteiger partial charge on any atom is -0.369 e. The van der Waals surface area contributed by atoms with Gasteiger partial charge in [-0.05, 0) is 13.0 Å². The fourth-order valence-electron chi connectivity index (χ4n) is 1.90. The molecule has 2 rings (SSSR count). The number of anilines is 1. The molecular weight excluding hydrogens is 234 g/mol. The summed E-state index contributed by atoms with van der Waals surface area (Å²) >= 11 is 1.96. The van der Waals surface area contributed by atoms with E-state index in [0.29, 0.717) is 12.1 Å². The van der Waals surface area contributed by atoms with Gasteiger partial charge in [0.1, 0.15) is 0 Å². The minimum atomic E-state index is -0.0335. The summed E-state index contributed by atoms with van der Waals surface area (Å²) in [7, 11) is 0. The van der Waals surface area contributed by atoms with Gasteiger partial charge < -0.3 is 10.2 Å². The number of amides is 1. The third-order valence-electron chi connectivity index (χ3n) is 2.73. The van der Waals surface area contributed by atoms with Crippen LogP contribution in [-0.4, -0.2) is 42.0 Å². The number of rotatable bonds is 3. The quantitative estimate of drug-likeness (QED) is 0.881. The highest BCUT2D eigenvalue weighted by atomic mass is 32.2. The van der Waals surface area contributed by atoms with Crippen molar-refractivity contribution in [1.29, 1.82) is 0 Å². The summed E-state index contributed by atoms with van der Waals surface area (Å²) in [6.07, 6.45) is 3.40. The van der Waals surface area contributed by atoms with Gasteiger partial charge in [-0.15, -0.1) is 0 Å². The lowest BCUT2D eigenvalue weighted by Gasteiger charge is -2.29. The van der Waals surface area contributed by atoms with Crippen molar-refractivity contribution in [2.75, 3.05) is 36.0 Å². The predicted molar refractivity (Wildman–Crippen MR) is 71.8 cm³/mol. The molecular formula is C12H17N3OS. The molecule has 0 unspecified atom stereocenters. The molecule has 2 heterocycles. The Morgan fingerprint density at radius 2 is 2.29 bits per heavy atom. The van der Waals surface area contributed by atoms with Gasteiger partial charge in [-0.1, -0.05) is 0 Å². The summed E-state index contributed by atoms with van der Waals surface area (Å²) in [5.74, 6) is 2.21. The summed E-state index contributed by atoms with van der Waals surface area (Å²) in [5, 5.41) is 2.83. The zero-order valence-electron chi connectivity index (χ0n) is 9.98. The van der Waals surface area contributed by atoms with E-state index in [1.807, 2.05) is 24.8 Å². The molecule has 0 saturated carbocycles. The second kappa shape index (κ2) is 5.91. The summed E-state index contributed by atoms with van der Waals surface area (Å²) in [6, 6.07) is 1.93. The van der Waals surface area contributed by atoms with Crippen molar-refractivity contribution in [1.82, 2.24) is 10.3 Å². The van der Waals surface area contributed by atoms with E-state index in [1.165, 1.54) is 0 Å². The Labute approximate surface area is 106 Å². The van der Waals surface area contributed by atoms with Gasteiger partial charge in [0.15, 0.2) is 0 Å². The molecule has 1 aromatic heterocycles. The number of carbonyl (C=O) groups excluding carboxylic acids is 1. The average Bonchev–Trinajstić information content (AvgIpc) is 2.40. The van der Waals surface area contributed by atoms with Gasteiger partial charge in [0.25, 0.3) is 5.91 Å². The van der Waals surface area contributed by atoms with Gasteiger partial charge in [0, 0.05) is 43.5 Å². The maximum atomic E-state index is 11.9. The van der Waals surface area contributed by atoms with Crippen LogP contribution in [0.25, 0.3) is 0 Å². The molecule has 0 radical (unpaired) electrons. The highest BCUT2D eigenvalue weighted by Crippen LogP contribution is 2.22. The Hall–Kier alpha value is -1.23. The van der Waals surface area contributed by atoms with Crippen molar-refractivity contribution in [3.63, 3.8) is 0 Å². The Bertz CT molecular complexity index is 391. The van der Waals surface area contributed by atoms with Crippen LogP contribution >= 0.6 is 11.8 Å². The Balaban J connectivity index is 2.23. The highest BCUT2D eigenvalue weighted by molar-refractivity contribution is 7.99. The first-order chi connectivity index (χ1) is 8.33. The third kappa shape index (κ3) is 2.91. The summed E-state index contributed by atoms with van der Waals surface area (Å²) in [5.41, 5.74) is 1.69. The second-order valence-electron chi connectivity index (χ2n) is 3.85. The van der Waals surface area contributed by atoms with Crippen LogP contribution in [0.5, 0.6) is 0 Å². The summed E-state index contributed by atoms with van der Waals surface area (Å²) in [4.78, 5) is 18.2. The van der Waals surface area contributed by atoms with Crippen molar-refractivity contribution < 1.29 is 4.79 Å². The number of pyridine rings is 1. The smallest absolute Gasteiger partial charge is 0.254 e. The van der Waals surface area contributed by atoms with E-state index < -0.39 is 0 Å². The lowest BCUT2D eigenvalue weighted by molar-refractivity contribution is 0.0956. The monoisotopic (exact) mass is 251 g/mol. The minimum absolute atomic E-state index is 0.0335. The van der Waals surface area contributed by atoms with Gasteiger partial charge in [-0.25, -0.2) is 0 Å². The van der Waals surface area contributed by atoms with Crippen molar-refractivity contribution in [3.05, 3.63) is 24.0 Å². The molecule has 0 spiro atoms. The molecule has 0 bridgehead atoms. The topological polar surface area (TPSA) is 45.2 Å². The first-order valence-corrected chi connectivity index (χ1v) is 7.03. The van der Waals surface area contributed by atoms with E-state index in [1.54, 1.807) is 12.4 Å². The molecule has 1 aliphatic heterocycles. The third-order valence-corrected chi connectivity index (χ3v) is 3.67. The largest absolute Gasteiger partial charge is 0.369 e. The highest BCUT2D eigenvalue weighted by Gasteiger charge is 2.18. The number of thioether (sulfide) groups is 1. The van der Waals surface area contributed by atoms with Crippen LogP contribution in [0, 0.1) is 0 Å². The molecule has 0 aliphatic carbocycles. The molecule has 1 saturated heterocycles. The van der Waals surface area contributed by atoms with E-state index >= 15 is 0 Å². The van der Waals surface area contributed by atoms with E-state index in [-0.39, 0.29) is 5.91 Å². The van der Waals surface area contributed by atoms with Crippen molar-refractivity contribution in [3.8, 4) is 0 Å². The number of hydrogen-bond donors (Lipinski definition) is 1. The number of aromatic nitrogens is 1. The lowest BCUT2D eigenvalue weighted by Crippen LogP contribution is -2.35. The van der Waals surface area contributed by atoms with Gasteiger partial charge >= 0.3 is 0 Å². The van der Waals surface area contributed by atoms with E-state index in [0.717, 1.165) is 30.3 Å². The van der Waals surface area contributed by atoms with Crippen LogP contribution in [0.4, 0.5) is 5.69 Å². The number of nitrogens with zero attached hydrogens (tertiary/aromatic N) is 2. The Kier molecular flexibility index (Phi) is 4.25. The lowest BCUT2D eigenvalue weighted by atomic mass is 10.2. The molecule has 0 aromatic carbocycles. The van der Waals surface area contributed by atoms with Crippen molar-refractivity contribution in [2.24, 2.45) is 0 Å². The maximum Gasteiger partial charge on any atom is 0.254 e. The maximum absolute atomic E-state index is 11.9. The van der Waals surface area contributed by atoms with Gasteiger partial charge in [0.05, 0.1) is 11.3 Å². The van der Waals surface area contributed by atoms with Crippen molar-refractivity contribution >= 4 is 23.4 Å². The van der Waals surface area contributed by atoms with Crippen LogP contribution in [0.2, 0.25) is 0 Å². The molecule has 92 valence electrons. The normalized spacial score (nSPS) is 15.7. The first-order valence-electron chi connectivity index (χ1n) is 5.88. The molecule has 1 aliphatic rings. The molecule has 1 aromatic rings. The van der Waals surface area contributed by atoms with E-state index in [9.17, 15) is 4.79 Å². The van der Waals surface area contributed by atoms with Crippen LogP contribution in [0.15, 0.2) is 18.5 Å². The van der Waals surface area contributed by atoms with Crippen LogP contribution in [0.3, 0.4) is 0 Å². The molecule has 5 heteroatoms. The fraction of sp³-hybridized carbons (Fsp3) is 0.500. The molecule has 1 fully saturated rings. The average molecular weight is 251 g/mol. The molecule has 4 nitrogen and oxygen atoms in total. The van der Waals surface area contributed by atoms with Crippen LogP contribution in [-0.2, 0) is 0 Å². The number of hydrogen-bond acceptors (Lipinski definition) is 4. The standard InChI is InChI=1S/C12H17N3OS/c1-2-14-12(16)10-9-13-4-3-11(10)15-5-7-17-8-6-15/h3-4,9H,2,5-8H2,1H3,(H,14,16). The van der Waals surface area contributed by atoms with Crippen LogP contribution in [0.1, 0.15) is 17.3 Å². The number of nitrogens with one attached hydrogen (secondary N) is 1. The van der Waals surface area contributed by atoms with Crippen molar-refractivity contribution in [2.45, 2.75) is 6.92 Å². The molecule has 1 N–H and O–H groups in total. The second-order valence-corrected chi connectivity index (χ2v) is 5.08. The molecule has 0 atom stereocenters. The molecule has 17 heavy (non-hydrogen) atoms. The Morgan fingerprint density at radius 3 is 3.00 bits per heavy atom. The van der Waals surface area contributed by atoms with Gasteiger partial charge in [-0.3, -0.25) is 9.78 Å². The zero-order chi connectivity index (χ0) is 12.1. The SMILES string of the molecule is CCNC(=O)c1cnccc1N1CCSCC1. The van der Waals surface area contributed by atoms with Gasteiger partial charge in [-0.2, -0.15) is 11.8 Å². The summed E-state index contributed by atoms with van der Waals surface area (Å²) in [6.45, 7) is 4.57. The van der Waals surface area contributed by atoms with E-state index in [2.05, 4.69) is 15.2 Å². The zero-order valence-corrected chi connectivity index (χ0v) is 10.8. The van der Waals surface area contributed by atoms with Gasteiger partial charge in [0.2, 0.25) is 0 Å².